The number of thiazole rings is 1. The normalized spacial score (nSPS) is 11.5. The van der Waals surface area contributed by atoms with E-state index in [1.807, 2.05) is 49.6 Å². The quantitative estimate of drug-likeness (QED) is 0.383. The van der Waals surface area contributed by atoms with Crippen molar-refractivity contribution < 1.29 is 4.74 Å². The maximum absolute atomic E-state index is 6.24. The van der Waals surface area contributed by atoms with Gasteiger partial charge in [0.05, 0.1) is 23.0 Å². The van der Waals surface area contributed by atoms with Gasteiger partial charge in [0.2, 0.25) is 5.13 Å². The van der Waals surface area contributed by atoms with E-state index >= 15 is 0 Å². The van der Waals surface area contributed by atoms with Gasteiger partial charge in [-0.05, 0) is 61.9 Å². The van der Waals surface area contributed by atoms with E-state index in [-0.39, 0.29) is 0 Å². The molecule has 2 aromatic carbocycles. The van der Waals surface area contributed by atoms with Crippen LogP contribution in [0.25, 0.3) is 11.3 Å². The summed E-state index contributed by atoms with van der Waals surface area (Å²) in [5.74, 6) is 0.849. The number of rotatable bonds is 6. The topological polar surface area (TPSA) is 46.5 Å². The van der Waals surface area contributed by atoms with E-state index < -0.39 is 0 Å². The van der Waals surface area contributed by atoms with Crippen LogP contribution in [0.4, 0.5) is 5.13 Å². The van der Waals surface area contributed by atoms with Gasteiger partial charge in [-0.25, -0.2) is 4.98 Å². The van der Waals surface area contributed by atoms with Crippen LogP contribution in [0.1, 0.15) is 19.4 Å². The predicted octanol–water partition coefficient (Wildman–Crippen LogP) is 6.35. The third-order valence-corrected chi connectivity index (χ3v) is 4.91. The Morgan fingerprint density at radius 3 is 2.65 bits per heavy atom. The Labute approximate surface area is 166 Å². The standard InChI is InChI=1S/C19H17Cl2N3OS/c1-3-25-15-7-4-13(5-8-15)12(2)23-24-19-22-18(11-26-19)16-9-6-14(20)10-17(16)21/h4-11H,3H2,1-2H3,(H,22,24)/b23-12-. The molecule has 1 N–H and O–H groups in total. The Morgan fingerprint density at radius 1 is 1.19 bits per heavy atom. The van der Waals surface area contributed by atoms with Crippen LogP contribution in [0.3, 0.4) is 0 Å². The molecule has 7 heteroatoms. The summed E-state index contributed by atoms with van der Waals surface area (Å²) in [6.07, 6.45) is 0. The smallest absolute Gasteiger partial charge is 0.203 e. The number of halogens is 2. The molecule has 0 atom stereocenters. The average molecular weight is 406 g/mol. The van der Waals surface area contributed by atoms with Crippen molar-refractivity contribution in [1.29, 1.82) is 0 Å². The van der Waals surface area contributed by atoms with Gasteiger partial charge in [-0.2, -0.15) is 5.10 Å². The van der Waals surface area contributed by atoms with Crippen LogP contribution in [0.5, 0.6) is 5.75 Å². The molecule has 3 aromatic rings. The first-order chi connectivity index (χ1) is 12.6. The van der Waals surface area contributed by atoms with Crippen LogP contribution >= 0.6 is 34.5 Å². The van der Waals surface area contributed by atoms with Gasteiger partial charge < -0.3 is 4.74 Å². The number of hydrogen-bond acceptors (Lipinski definition) is 5. The molecule has 0 aliphatic heterocycles. The first-order valence-corrected chi connectivity index (χ1v) is 9.65. The third-order valence-electron chi connectivity index (χ3n) is 3.61. The molecule has 0 radical (unpaired) electrons. The Bertz CT molecular complexity index is 923. The minimum Gasteiger partial charge on any atom is -0.494 e. The largest absolute Gasteiger partial charge is 0.494 e. The van der Waals surface area contributed by atoms with Crippen LogP contribution in [0.15, 0.2) is 52.9 Å². The highest BCUT2D eigenvalue weighted by molar-refractivity contribution is 7.14. The van der Waals surface area contributed by atoms with Crippen molar-refractivity contribution in [2.24, 2.45) is 5.10 Å². The van der Waals surface area contributed by atoms with Crippen LogP contribution in [-0.2, 0) is 0 Å². The minimum absolute atomic E-state index is 0.573. The lowest BCUT2D eigenvalue weighted by molar-refractivity contribution is 0.340. The van der Waals surface area contributed by atoms with Gasteiger partial charge in [-0.15, -0.1) is 11.3 Å². The molecule has 1 heterocycles. The second kappa shape index (κ2) is 8.54. The lowest BCUT2D eigenvalue weighted by Crippen LogP contribution is -2.00. The zero-order valence-electron chi connectivity index (χ0n) is 14.3. The Balaban J connectivity index is 1.71. The second-order valence-corrected chi connectivity index (χ2v) is 7.13. The molecule has 4 nitrogen and oxygen atoms in total. The van der Waals surface area contributed by atoms with Gasteiger partial charge in [0.1, 0.15) is 5.75 Å². The summed E-state index contributed by atoms with van der Waals surface area (Å²) in [6, 6.07) is 13.2. The first-order valence-electron chi connectivity index (χ1n) is 8.01. The van der Waals surface area contributed by atoms with Crippen molar-refractivity contribution >= 4 is 45.4 Å². The molecule has 0 saturated heterocycles. The summed E-state index contributed by atoms with van der Waals surface area (Å²) in [5.41, 5.74) is 6.49. The molecule has 3 rings (SSSR count). The number of hydrazone groups is 1. The molecule has 0 unspecified atom stereocenters. The molecule has 1 aromatic heterocycles. The number of nitrogens with zero attached hydrogens (tertiary/aromatic N) is 2. The van der Waals surface area contributed by atoms with Crippen LogP contribution in [0, 0.1) is 0 Å². The SMILES string of the molecule is CCOc1ccc(/C(C)=N\Nc2nc(-c3ccc(Cl)cc3Cl)cs2)cc1. The van der Waals surface area contributed by atoms with Crippen molar-refractivity contribution in [2.45, 2.75) is 13.8 Å². The number of ether oxygens (including phenoxy) is 1. The molecule has 0 fully saturated rings. The van der Waals surface area contributed by atoms with Crippen molar-refractivity contribution in [3.8, 4) is 17.0 Å². The molecule has 0 aliphatic rings. The Morgan fingerprint density at radius 2 is 1.96 bits per heavy atom. The molecular weight excluding hydrogens is 389 g/mol. The molecule has 0 aliphatic carbocycles. The summed E-state index contributed by atoms with van der Waals surface area (Å²) in [5, 5.41) is 8.20. The fourth-order valence-corrected chi connectivity index (χ4v) is 3.46. The molecule has 26 heavy (non-hydrogen) atoms. The van der Waals surface area contributed by atoms with Gasteiger partial charge in [0, 0.05) is 16.0 Å². The van der Waals surface area contributed by atoms with Crippen molar-refractivity contribution in [2.75, 3.05) is 12.0 Å². The van der Waals surface area contributed by atoms with Gasteiger partial charge in [-0.1, -0.05) is 23.2 Å². The van der Waals surface area contributed by atoms with Crippen molar-refractivity contribution in [1.82, 2.24) is 4.98 Å². The molecule has 134 valence electrons. The van der Waals surface area contributed by atoms with Gasteiger partial charge in [0.25, 0.3) is 0 Å². The summed E-state index contributed by atoms with van der Waals surface area (Å²) < 4.78 is 5.45. The highest BCUT2D eigenvalue weighted by Crippen LogP contribution is 2.32. The average Bonchev–Trinajstić information content (AvgIpc) is 3.09. The van der Waals surface area contributed by atoms with E-state index in [2.05, 4.69) is 15.5 Å². The monoisotopic (exact) mass is 405 g/mol. The van der Waals surface area contributed by atoms with E-state index in [1.165, 1.54) is 11.3 Å². The summed E-state index contributed by atoms with van der Waals surface area (Å²) >= 11 is 13.6. The molecule has 0 amide bonds. The Kier molecular flexibility index (Phi) is 6.14. The van der Waals surface area contributed by atoms with E-state index in [9.17, 15) is 0 Å². The minimum atomic E-state index is 0.573. The molecular formula is C19H17Cl2N3OS. The fourth-order valence-electron chi connectivity index (χ4n) is 2.30. The maximum Gasteiger partial charge on any atom is 0.203 e. The van der Waals surface area contributed by atoms with Crippen molar-refractivity contribution in [3.63, 3.8) is 0 Å². The van der Waals surface area contributed by atoms with Gasteiger partial charge in [-0.3, -0.25) is 5.43 Å². The maximum atomic E-state index is 6.24. The molecule has 0 spiro atoms. The number of aromatic nitrogens is 1. The number of benzene rings is 2. The van der Waals surface area contributed by atoms with E-state index in [0.717, 1.165) is 28.3 Å². The number of nitrogens with one attached hydrogen (secondary N) is 1. The number of hydrogen-bond donors (Lipinski definition) is 1. The lowest BCUT2D eigenvalue weighted by Gasteiger charge is -2.05. The summed E-state index contributed by atoms with van der Waals surface area (Å²) in [6.45, 7) is 4.55. The summed E-state index contributed by atoms with van der Waals surface area (Å²) in [4.78, 5) is 4.53. The third kappa shape index (κ3) is 4.55. The highest BCUT2D eigenvalue weighted by atomic mass is 35.5. The lowest BCUT2D eigenvalue weighted by atomic mass is 10.1. The van der Waals surface area contributed by atoms with Gasteiger partial charge in [0.15, 0.2) is 0 Å². The van der Waals surface area contributed by atoms with E-state index in [4.69, 9.17) is 27.9 Å². The molecule has 0 bridgehead atoms. The highest BCUT2D eigenvalue weighted by Gasteiger charge is 2.09. The van der Waals surface area contributed by atoms with Crippen LogP contribution < -0.4 is 10.2 Å². The van der Waals surface area contributed by atoms with E-state index in [0.29, 0.717) is 21.8 Å². The Hall–Kier alpha value is -2.08. The van der Waals surface area contributed by atoms with Gasteiger partial charge >= 0.3 is 0 Å². The second-order valence-electron chi connectivity index (χ2n) is 5.43. The molecule has 0 saturated carbocycles. The predicted molar refractivity (Wildman–Crippen MR) is 111 cm³/mol. The first kappa shape index (κ1) is 18.7. The zero-order valence-corrected chi connectivity index (χ0v) is 16.6. The van der Waals surface area contributed by atoms with Crippen LogP contribution in [0.2, 0.25) is 10.0 Å². The number of anilines is 1. The fraction of sp³-hybridized carbons (Fsp3) is 0.158. The van der Waals surface area contributed by atoms with Crippen molar-refractivity contribution in [3.05, 3.63) is 63.5 Å². The zero-order chi connectivity index (χ0) is 18.5. The summed E-state index contributed by atoms with van der Waals surface area (Å²) in [7, 11) is 0. The van der Waals surface area contributed by atoms with E-state index in [1.54, 1.807) is 12.1 Å². The van der Waals surface area contributed by atoms with Crippen LogP contribution in [-0.4, -0.2) is 17.3 Å².